The van der Waals surface area contributed by atoms with Crippen molar-refractivity contribution in [3.63, 3.8) is 0 Å². The second-order valence-electron chi connectivity index (χ2n) is 4.26. The van der Waals surface area contributed by atoms with Crippen LogP contribution in [0.4, 0.5) is 0 Å². The third kappa shape index (κ3) is 2.73. The minimum Gasteiger partial charge on any atom is -0.306 e. The van der Waals surface area contributed by atoms with Crippen molar-refractivity contribution in [2.24, 2.45) is 7.05 Å². The van der Waals surface area contributed by atoms with Crippen LogP contribution in [0.2, 0.25) is 0 Å². The number of nitrogens with one attached hydrogen (secondary N) is 1. The quantitative estimate of drug-likeness (QED) is 0.903. The number of rotatable bonds is 4. The first-order chi connectivity index (χ1) is 8.08. The van der Waals surface area contributed by atoms with Gasteiger partial charge in [-0.1, -0.05) is 0 Å². The van der Waals surface area contributed by atoms with Crippen LogP contribution in [-0.2, 0) is 20.1 Å². The Labute approximate surface area is 106 Å². The molecule has 0 radical (unpaired) electrons. The molecule has 2 heterocycles. The second kappa shape index (κ2) is 4.98. The Kier molecular flexibility index (Phi) is 3.59. The van der Waals surface area contributed by atoms with Crippen molar-refractivity contribution in [1.82, 2.24) is 20.1 Å². The van der Waals surface area contributed by atoms with Gasteiger partial charge in [0.25, 0.3) is 0 Å². The van der Waals surface area contributed by atoms with Crippen molar-refractivity contribution >= 4 is 11.3 Å². The molecule has 2 aromatic rings. The molecule has 92 valence electrons. The van der Waals surface area contributed by atoms with E-state index in [0.29, 0.717) is 0 Å². The average Bonchev–Trinajstić information content (AvgIpc) is 2.78. The van der Waals surface area contributed by atoms with Gasteiger partial charge in [0.05, 0.1) is 5.69 Å². The van der Waals surface area contributed by atoms with Crippen LogP contribution in [-0.4, -0.2) is 14.8 Å². The van der Waals surface area contributed by atoms with Gasteiger partial charge in [-0.3, -0.25) is 4.68 Å². The molecular formula is C12H18N4S. The molecule has 0 aromatic carbocycles. The van der Waals surface area contributed by atoms with Gasteiger partial charge in [-0.25, -0.2) is 4.98 Å². The molecule has 0 fully saturated rings. The fourth-order valence-electron chi connectivity index (χ4n) is 1.85. The summed E-state index contributed by atoms with van der Waals surface area (Å²) in [6.07, 6.45) is 0. The Morgan fingerprint density at radius 3 is 2.59 bits per heavy atom. The maximum Gasteiger partial charge on any atom is 0.107 e. The normalized spacial score (nSPS) is 11.1. The third-order valence-corrected chi connectivity index (χ3v) is 3.87. The van der Waals surface area contributed by atoms with Gasteiger partial charge in [0, 0.05) is 42.5 Å². The molecule has 17 heavy (non-hydrogen) atoms. The fraction of sp³-hybridized carbons (Fsp3) is 0.500. The molecule has 5 heteroatoms. The van der Waals surface area contributed by atoms with Crippen LogP contribution in [0.25, 0.3) is 0 Å². The number of nitrogens with zero attached hydrogens (tertiary/aromatic N) is 3. The molecule has 4 nitrogen and oxygen atoms in total. The highest BCUT2D eigenvalue weighted by atomic mass is 32.1. The summed E-state index contributed by atoms with van der Waals surface area (Å²) in [7, 11) is 1.98. The summed E-state index contributed by atoms with van der Waals surface area (Å²) in [5, 5.41) is 11.0. The van der Waals surface area contributed by atoms with E-state index in [-0.39, 0.29) is 0 Å². The molecule has 0 aliphatic rings. The summed E-state index contributed by atoms with van der Waals surface area (Å²) in [5.74, 6) is 0. The second-order valence-corrected chi connectivity index (χ2v) is 5.20. The molecule has 0 amide bonds. The topological polar surface area (TPSA) is 42.7 Å². The lowest BCUT2D eigenvalue weighted by atomic mass is 10.2. The lowest BCUT2D eigenvalue weighted by Crippen LogP contribution is -2.13. The van der Waals surface area contributed by atoms with Crippen LogP contribution in [0.3, 0.4) is 0 Å². The van der Waals surface area contributed by atoms with E-state index in [1.54, 1.807) is 11.3 Å². The van der Waals surface area contributed by atoms with E-state index >= 15 is 0 Å². The molecule has 2 rings (SSSR count). The standard InChI is InChI=1S/C12H18N4S/c1-8-7-17-12(14-8)6-13-5-11-9(2)15-16(4)10(11)3/h7,13H,5-6H2,1-4H3. The first kappa shape index (κ1) is 12.3. The Balaban J connectivity index is 1.94. The first-order valence-corrected chi connectivity index (χ1v) is 6.56. The first-order valence-electron chi connectivity index (χ1n) is 5.68. The number of aryl methyl sites for hydroxylation is 3. The Morgan fingerprint density at radius 1 is 1.29 bits per heavy atom. The molecule has 0 atom stereocenters. The zero-order chi connectivity index (χ0) is 12.4. The average molecular weight is 250 g/mol. The minimum atomic E-state index is 0.826. The van der Waals surface area contributed by atoms with Gasteiger partial charge in [-0.05, 0) is 20.8 Å². The number of aromatic nitrogens is 3. The molecule has 0 aliphatic carbocycles. The van der Waals surface area contributed by atoms with E-state index in [1.807, 2.05) is 18.7 Å². The molecule has 0 saturated carbocycles. The van der Waals surface area contributed by atoms with Crippen molar-refractivity contribution in [3.8, 4) is 0 Å². The van der Waals surface area contributed by atoms with E-state index in [4.69, 9.17) is 0 Å². The van der Waals surface area contributed by atoms with Gasteiger partial charge in [-0.2, -0.15) is 5.10 Å². The van der Waals surface area contributed by atoms with Crippen LogP contribution >= 0.6 is 11.3 Å². The molecule has 0 bridgehead atoms. The Hall–Kier alpha value is -1.20. The molecular weight excluding hydrogens is 232 g/mol. The third-order valence-electron chi connectivity index (χ3n) is 2.90. The van der Waals surface area contributed by atoms with E-state index in [1.165, 1.54) is 11.3 Å². The van der Waals surface area contributed by atoms with Gasteiger partial charge < -0.3 is 5.32 Å². The molecule has 1 N–H and O–H groups in total. The van der Waals surface area contributed by atoms with Crippen molar-refractivity contribution in [1.29, 1.82) is 0 Å². The highest BCUT2D eigenvalue weighted by Gasteiger charge is 2.08. The van der Waals surface area contributed by atoms with Crippen molar-refractivity contribution in [3.05, 3.63) is 33.0 Å². The lowest BCUT2D eigenvalue weighted by molar-refractivity contribution is 0.680. The largest absolute Gasteiger partial charge is 0.306 e. The smallest absolute Gasteiger partial charge is 0.107 e. The maximum absolute atomic E-state index is 4.43. The molecule has 0 saturated heterocycles. The number of hydrogen-bond donors (Lipinski definition) is 1. The number of hydrogen-bond acceptors (Lipinski definition) is 4. The summed E-state index contributed by atoms with van der Waals surface area (Å²) < 4.78 is 1.93. The highest BCUT2D eigenvalue weighted by molar-refractivity contribution is 7.09. The summed E-state index contributed by atoms with van der Waals surface area (Å²) in [5.41, 5.74) is 4.72. The van der Waals surface area contributed by atoms with E-state index in [0.717, 1.165) is 29.5 Å². The number of thiazole rings is 1. The minimum absolute atomic E-state index is 0.826. The highest BCUT2D eigenvalue weighted by Crippen LogP contribution is 2.12. The van der Waals surface area contributed by atoms with Crippen LogP contribution < -0.4 is 5.32 Å². The predicted molar refractivity (Wildman–Crippen MR) is 70.1 cm³/mol. The lowest BCUT2D eigenvalue weighted by Gasteiger charge is -2.03. The summed E-state index contributed by atoms with van der Waals surface area (Å²) in [4.78, 5) is 4.43. The molecule has 2 aromatic heterocycles. The summed E-state index contributed by atoms with van der Waals surface area (Å²) in [6.45, 7) is 7.86. The molecule has 0 spiro atoms. The van der Waals surface area contributed by atoms with Crippen LogP contribution in [0.15, 0.2) is 5.38 Å². The van der Waals surface area contributed by atoms with Crippen molar-refractivity contribution in [2.75, 3.05) is 0 Å². The Bertz CT molecular complexity index is 513. The summed E-state index contributed by atoms with van der Waals surface area (Å²) >= 11 is 1.70. The zero-order valence-corrected chi connectivity index (χ0v) is 11.6. The zero-order valence-electron chi connectivity index (χ0n) is 10.7. The van der Waals surface area contributed by atoms with Gasteiger partial charge >= 0.3 is 0 Å². The van der Waals surface area contributed by atoms with Gasteiger partial charge in [-0.15, -0.1) is 11.3 Å². The SMILES string of the molecule is Cc1csc(CNCc2c(C)nn(C)c2C)n1. The van der Waals surface area contributed by atoms with Crippen LogP contribution in [0.5, 0.6) is 0 Å². The van der Waals surface area contributed by atoms with E-state index in [2.05, 4.69) is 34.6 Å². The van der Waals surface area contributed by atoms with Gasteiger partial charge in [0.15, 0.2) is 0 Å². The van der Waals surface area contributed by atoms with Gasteiger partial charge in [0.2, 0.25) is 0 Å². The Morgan fingerprint density at radius 2 is 2.06 bits per heavy atom. The van der Waals surface area contributed by atoms with Crippen LogP contribution in [0.1, 0.15) is 27.7 Å². The fourth-order valence-corrected chi connectivity index (χ4v) is 2.59. The monoisotopic (exact) mass is 250 g/mol. The molecule has 0 aliphatic heterocycles. The summed E-state index contributed by atoms with van der Waals surface area (Å²) in [6, 6.07) is 0. The van der Waals surface area contributed by atoms with E-state index < -0.39 is 0 Å². The van der Waals surface area contributed by atoms with Crippen LogP contribution in [0, 0.1) is 20.8 Å². The van der Waals surface area contributed by atoms with Crippen molar-refractivity contribution in [2.45, 2.75) is 33.9 Å². The molecule has 0 unspecified atom stereocenters. The predicted octanol–water partition coefficient (Wildman–Crippen LogP) is 2.09. The van der Waals surface area contributed by atoms with Gasteiger partial charge in [0.1, 0.15) is 5.01 Å². The van der Waals surface area contributed by atoms with E-state index in [9.17, 15) is 0 Å². The maximum atomic E-state index is 4.43. The van der Waals surface area contributed by atoms with Crippen molar-refractivity contribution < 1.29 is 0 Å².